The second kappa shape index (κ2) is 5.34. The SMILES string of the molecule is CCc1nn(C)c2c1nc(N)n2CCCCC(F)(F)F. The van der Waals surface area contributed by atoms with Crippen LogP contribution < -0.4 is 5.73 Å². The number of anilines is 1. The second-order valence-electron chi connectivity index (χ2n) is 4.79. The Kier molecular flexibility index (Phi) is 3.92. The van der Waals surface area contributed by atoms with Crippen LogP contribution in [0.15, 0.2) is 0 Å². The van der Waals surface area contributed by atoms with Crippen LogP contribution in [-0.2, 0) is 20.0 Å². The maximum atomic E-state index is 12.1. The number of rotatable bonds is 5. The first-order valence-electron chi connectivity index (χ1n) is 6.57. The molecule has 0 aliphatic rings. The lowest BCUT2D eigenvalue weighted by Crippen LogP contribution is -2.10. The number of hydrogen-bond acceptors (Lipinski definition) is 3. The van der Waals surface area contributed by atoms with Gasteiger partial charge in [-0.05, 0) is 19.3 Å². The van der Waals surface area contributed by atoms with E-state index in [9.17, 15) is 13.2 Å². The lowest BCUT2D eigenvalue weighted by Gasteiger charge is -2.08. The molecule has 2 N–H and O–H groups in total. The molecule has 0 aromatic carbocycles. The minimum absolute atomic E-state index is 0.0844. The third kappa shape index (κ3) is 2.88. The quantitative estimate of drug-likeness (QED) is 0.861. The Hall–Kier alpha value is -1.73. The average Bonchev–Trinajstić information content (AvgIpc) is 2.82. The molecule has 0 aliphatic heterocycles. The molecule has 2 aromatic rings. The Morgan fingerprint density at radius 2 is 1.95 bits per heavy atom. The molecule has 2 rings (SSSR count). The van der Waals surface area contributed by atoms with Gasteiger partial charge in [-0.2, -0.15) is 18.3 Å². The summed E-state index contributed by atoms with van der Waals surface area (Å²) in [5.74, 6) is 0.328. The molecule has 0 fully saturated rings. The number of fused-ring (bicyclic) bond motifs is 1. The van der Waals surface area contributed by atoms with E-state index in [0.29, 0.717) is 18.9 Å². The van der Waals surface area contributed by atoms with Crippen molar-refractivity contribution in [3.05, 3.63) is 5.69 Å². The summed E-state index contributed by atoms with van der Waals surface area (Å²) < 4.78 is 39.7. The fourth-order valence-electron chi connectivity index (χ4n) is 2.31. The minimum Gasteiger partial charge on any atom is -0.369 e. The van der Waals surface area contributed by atoms with Crippen molar-refractivity contribution >= 4 is 17.1 Å². The summed E-state index contributed by atoms with van der Waals surface area (Å²) in [6.45, 7) is 2.39. The van der Waals surface area contributed by atoms with Crippen LogP contribution in [0.1, 0.15) is 31.9 Å². The molecule has 0 saturated carbocycles. The van der Waals surface area contributed by atoms with E-state index in [2.05, 4.69) is 10.1 Å². The van der Waals surface area contributed by atoms with Crippen LogP contribution in [0.3, 0.4) is 0 Å². The van der Waals surface area contributed by atoms with Gasteiger partial charge in [0.1, 0.15) is 5.52 Å². The zero-order valence-corrected chi connectivity index (χ0v) is 11.5. The minimum atomic E-state index is -4.10. The number of nitrogen functional groups attached to an aromatic ring is 1. The first kappa shape index (κ1) is 14.7. The van der Waals surface area contributed by atoms with Crippen molar-refractivity contribution in [1.29, 1.82) is 0 Å². The van der Waals surface area contributed by atoms with Crippen LogP contribution in [-0.4, -0.2) is 25.5 Å². The van der Waals surface area contributed by atoms with Crippen molar-refractivity contribution in [2.24, 2.45) is 7.05 Å². The molecule has 0 aliphatic carbocycles. The number of unbranched alkanes of at least 4 members (excludes halogenated alkanes) is 1. The molecular weight excluding hydrogens is 271 g/mol. The Morgan fingerprint density at radius 1 is 1.25 bits per heavy atom. The smallest absolute Gasteiger partial charge is 0.369 e. The van der Waals surface area contributed by atoms with Gasteiger partial charge in [-0.15, -0.1) is 0 Å². The van der Waals surface area contributed by atoms with E-state index in [1.165, 1.54) is 0 Å². The van der Waals surface area contributed by atoms with Gasteiger partial charge in [0.2, 0.25) is 5.95 Å². The fourth-order valence-corrected chi connectivity index (χ4v) is 2.31. The van der Waals surface area contributed by atoms with E-state index >= 15 is 0 Å². The molecule has 8 heteroatoms. The van der Waals surface area contributed by atoms with Crippen molar-refractivity contribution in [3.8, 4) is 0 Å². The van der Waals surface area contributed by atoms with E-state index in [1.807, 2.05) is 6.92 Å². The van der Waals surface area contributed by atoms with E-state index in [1.54, 1.807) is 16.3 Å². The van der Waals surface area contributed by atoms with Crippen LogP contribution in [0, 0.1) is 0 Å². The lowest BCUT2D eigenvalue weighted by atomic mass is 10.2. The molecular formula is C12H18F3N5. The van der Waals surface area contributed by atoms with Gasteiger partial charge in [0.15, 0.2) is 5.65 Å². The third-order valence-electron chi connectivity index (χ3n) is 3.25. The van der Waals surface area contributed by atoms with Gasteiger partial charge in [0, 0.05) is 20.0 Å². The first-order chi connectivity index (χ1) is 9.33. The van der Waals surface area contributed by atoms with Gasteiger partial charge in [0.05, 0.1) is 5.69 Å². The van der Waals surface area contributed by atoms with Crippen LogP contribution in [0.2, 0.25) is 0 Å². The average molecular weight is 289 g/mol. The van der Waals surface area contributed by atoms with Gasteiger partial charge in [-0.3, -0.25) is 9.25 Å². The molecule has 0 amide bonds. The van der Waals surface area contributed by atoms with Crippen LogP contribution >= 0.6 is 0 Å². The zero-order valence-electron chi connectivity index (χ0n) is 11.5. The van der Waals surface area contributed by atoms with Gasteiger partial charge < -0.3 is 5.73 Å². The fraction of sp³-hybridized carbons (Fsp3) is 0.667. The molecule has 2 aromatic heterocycles. The number of imidazole rings is 1. The highest BCUT2D eigenvalue weighted by Crippen LogP contribution is 2.24. The zero-order chi connectivity index (χ0) is 14.9. The second-order valence-corrected chi connectivity index (χ2v) is 4.79. The van der Waals surface area contributed by atoms with Crippen molar-refractivity contribution in [2.75, 3.05) is 5.73 Å². The molecule has 112 valence electrons. The van der Waals surface area contributed by atoms with Crippen LogP contribution in [0.25, 0.3) is 11.2 Å². The van der Waals surface area contributed by atoms with Crippen molar-refractivity contribution in [3.63, 3.8) is 0 Å². The van der Waals surface area contributed by atoms with Crippen molar-refractivity contribution in [1.82, 2.24) is 19.3 Å². The summed E-state index contributed by atoms with van der Waals surface area (Å²) in [5.41, 5.74) is 8.21. The molecule has 20 heavy (non-hydrogen) atoms. The highest BCUT2D eigenvalue weighted by Gasteiger charge is 2.26. The molecule has 2 heterocycles. The summed E-state index contributed by atoms with van der Waals surface area (Å²) in [5, 5.41) is 4.34. The molecule has 0 saturated heterocycles. The van der Waals surface area contributed by atoms with E-state index < -0.39 is 12.6 Å². The lowest BCUT2D eigenvalue weighted by molar-refractivity contribution is -0.135. The number of halogens is 3. The largest absolute Gasteiger partial charge is 0.389 e. The number of aryl methyl sites for hydroxylation is 3. The third-order valence-corrected chi connectivity index (χ3v) is 3.25. The summed E-state index contributed by atoms with van der Waals surface area (Å²) in [6, 6.07) is 0. The van der Waals surface area contributed by atoms with Gasteiger partial charge in [-0.25, -0.2) is 4.98 Å². The topological polar surface area (TPSA) is 61.7 Å². The molecule has 0 atom stereocenters. The summed E-state index contributed by atoms with van der Waals surface area (Å²) in [7, 11) is 1.79. The Bertz CT molecular complexity index is 596. The summed E-state index contributed by atoms with van der Waals surface area (Å²) >= 11 is 0. The van der Waals surface area contributed by atoms with Gasteiger partial charge >= 0.3 is 6.18 Å². The van der Waals surface area contributed by atoms with E-state index in [4.69, 9.17) is 5.73 Å². The monoisotopic (exact) mass is 289 g/mol. The number of nitrogens with zero attached hydrogens (tertiary/aromatic N) is 4. The first-order valence-corrected chi connectivity index (χ1v) is 6.57. The molecule has 5 nitrogen and oxygen atoms in total. The standard InChI is InChI=1S/C12H18F3N5/c1-3-8-9-10(19(2)18-8)20(11(16)17-9)7-5-4-6-12(13,14)15/h3-7H2,1-2H3,(H2,16,17). The summed E-state index contributed by atoms with van der Waals surface area (Å²) in [4.78, 5) is 4.27. The number of alkyl halides is 3. The maximum absolute atomic E-state index is 12.1. The van der Waals surface area contributed by atoms with E-state index in [0.717, 1.165) is 23.3 Å². The molecule has 0 radical (unpaired) electrons. The molecule has 0 bridgehead atoms. The molecule has 0 spiro atoms. The number of aromatic nitrogens is 4. The highest BCUT2D eigenvalue weighted by atomic mass is 19.4. The predicted octanol–water partition coefficient (Wildman–Crippen LogP) is 2.65. The predicted molar refractivity (Wildman–Crippen MR) is 70.2 cm³/mol. The normalized spacial score (nSPS) is 12.4. The maximum Gasteiger partial charge on any atom is 0.389 e. The van der Waals surface area contributed by atoms with Crippen molar-refractivity contribution < 1.29 is 13.2 Å². The Balaban J connectivity index is 2.14. The van der Waals surface area contributed by atoms with E-state index in [-0.39, 0.29) is 6.42 Å². The van der Waals surface area contributed by atoms with Crippen LogP contribution in [0.5, 0.6) is 0 Å². The van der Waals surface area contributed by atoms with Gasteiger partial charge in [0.25, 0.3) is 0 Å². The highest BCUT2D eigenvalue weighted by molar-refractivity contribution is 5.77. The number of nitrogens with two attached hydrogens (primary N) is 1. The van der Waals surface area contributed by atoms with Crippen LogP contribution in [0.4, 0.5) is 19.1 Å². The number of hydrogen-bond donors (Lipinski definition) is 1. The van der Waals surface area contributed by atoms with Gasteiger partial charge in [-0.1, -0.05) is 6.92 Å². The summed E-state index contributed by atoms with van der Waals surface area (Å²) in [6.07, 6.45) is -3.64. The Morgan fingerprint density at radius 3 is 2.55 bits per heavy atom. The van der Waals surface area contributed by atoms with Crippen molar-refractivity contribution in [2.45, 2.75) is 45.3 Å². The Labute approximate surface area is 114 Å². The molecule has 0 unspecified atom stereocenters.